The van der Waals surface area contributed by atoms with Crippen LogP contribution in [0.5, 0.6) is 0 Å². The zero-order chi connectivity index (χ0) is 14.3. The van der Waals surface area contributed by atoms with Crippen LogP contribution in [0.25, 0.3) is 0 Å². The Hall–Kier alpha value is -0.570. The lowest BCUT2D eigenvalue weighted by Gasteiger charge is -2.31. The molecule has 0 amide bonds. The van der Waals surface area contributed by atoms with Crippen LogP contribution in [-0.4, -0.2) is 19.6 Å². The van der Waals surface area contributed by atoms with E-state index in [1.54, 1.807) is 0 Å². The maximum Gasteiger partial charge on any atom is 0.311 e. The molecule has 3 heteroatoms. The molecule has 2 unspecified atom stereocenters. The first-order valence-electron chi connectivity index (χ1n) is 7.80. The number of rotatable bonds is 6. The van der Waals surface area contributed by atoms with Gasteiger partial charge < -0.3 is 10.5 Å². The number of carbonyl (C=O) groups is 1. The van der Waals surface area contributed by atoms with Crippen molar-refractivity contribution in [3.05, 3.63) is 0 Å². The Bertz CT molecular complexity index is 276. The van der Waals surface area contributed by atoms with Gasteiger partial charge in [-0.1, -0.05) is 32.1 Å². The zero-order valence-electron chi connectivity index (χ0n) is 12.9. The van der Waals surface area contributed by atoms with Crippen molar-refractivity contribution < 1.29 is 9.53 Å². The molecule has 0 spiro atoms. The second-order valence-corrected chi connectivity index (χ2v) is 6.57. The van der Waals surface area contributed by atoms with Crippen molar-refractivity contribution in [2.24, 2.45) is 23.0 Å². The number of unbranched alkanes of at least 4 members (excludes halogenated alkanes) is 1. The fraction of sp³-hybridized carbons (Fsp3) is 0.938. The molecule has 1 saturated carbocycles. The Kier molecular flexibility index (Phi) is 6.84. The van der Waals surface area contributed by atoms with Crippen LogP contribution in [0.3, 0.4) is 0 Å². The lowest BCUT2D eigenvalue weighted by atomic mass is 9.74. The molecule has 2 atom stereocenters. The molecule has 1 aliphatic rings. The van der Waals surface area contributed by atoms with Gasteiger partial charge in [0.15, 0.2) is 0 Å². The standard InChI is InChI=1S/C16H31NO2/c1-16(2,15(18)19-3)14-9-6-8-13(10-11-14)7-4-5-12-17/h13-14H,4-12,17H2,1-3H3. The number of carbonyl (C=O) groups excluding carboxylic acids is 1. The van der Waals surface area contributed by atoms with Crippen LogP contribution >= 0.6 is 0 Å². The van der Waals surface area contributed by atoms with E-state index in [0.717, 1.165) is 31.7 Å². The summed E-state index contributed by atoms with van der Waals surface area (Å²) < 4.78 is 4.96. The lowest BCUT2D eigenvalue weighted by Crippen LogP contribution is -2.33. The van der Waals surface area contributed by atoms with E-state index in [-0.39, 0.29) is 11.4 Å². The van der Waals surface area contributed by atoms with Crippen LogP contribution in [-0.2, 0) is 9.53 Å². The van der Waals surface area contributed by atoms with Crippen molar-refractivity contribution >= 4 is 5.97 Å². The minimum Gasteiger partial charge on any atom is -0.469 e. The van der Waals surface area contributed by atoms with Gasteiger partial charge in [-0.3, -0.25) is 4.79 Å². The summed E-state index contributed by atoms with van der Waals surface area (Å²) in [6.07, 6.45) is 9.86. The summed E-state index contributed by atoms with van der Waals surface area (Å²) in [4.78, 5) is 11.9. The molecule has 1 rings (SSSR count). The van der Waals surface area contributed by atoms with Crippen molar-refractivity contribution in [3.63, 3.8) is 0 Å². The fourth-order valence-electron chi connectivity index (χ4n) is 3.40. The molecule has 0 aromatic heterocycles. The highest BCUT2D eigenvalue weighted by Gasteiger charge is 2.38. The monoisotopic (exact) mass is 269 g/mol. The molecule has 19 heavy (non-hydrogen) atoms. The van der Waals surface area contributed by atoms with Gasteiger partial charge in [0.1, 0.15) is 0 Å². The molecule has 0 bridgehead atoms. The van der Waals surface area contributed by atoms with Crippen LogP contribution in [0.4, 0.5) is 0 Å². The van der Waals surface area contributed by atoms with Crippen molar-refractivity contribution in [2.75, 3.05) is 13.7 Å². The number of hydrogen-bond donors (Lipinski definition) is 1. The van der Waals surface area contributed by atoms with Crippen LogP contribution in [0.15, 0.2) is 0 Å². The molecular weight excluding hydrogens is 238 g/mol. The average Bonchev–Trinajstić information content (AvgIpc) is 2.64. The normalized spacial score (nSPS) is 24.8. The van der Waals surface area contributed by atoms with Crippen LogP contribution in [0.2, 0.25) is 0 Å². The molecule has 0 radical (unpaired) electrons. The highest BCUT2D eigenvalue weighted by atomic mass is 16.5. The number of methoxy groups -OCH3 is 1. The average molecular weight is 269 g/mol. The first-order chi connectivity index (χ1) is 9.02. The Morgan fingerprint density at radius 2 is 1.95 bits per heavy atom. The van der Waals surface area contributed by atoms with E-state index in [1.165, 1.54) is 39.2 Å². The Morgan fingerprint density at radius 1 is 1.21 bits per heavy atom. The maximum absolute atomic E-state index is 11.9. The van der Waals surface area contributed by atoms with Gasteiger partial charge in [0.2, 0.25) is 0 Å². The molecule has 0 heterocycles. The van der Waals surface area contributed by atoms with Crippen LogP contribution in [0.1, 0.15) is 65.2 Å². The topological polar surface area (TPSA) is 52.3 Å². The van der Waals surface area contributed by atoms with Gasteiger partial charge in [0, 0.05) is 0 Å². The van der Waals surface area contributed by atoms with Gasteiger partial charge in [-0.2, -0.15) is 0 Å². The van der Waals surface area contributed by atoms with E-state index in [9.17, 15) is 4.79 Å². The lowest BCUT2D eigenvalue weighted by molar-refractivity contribution is -0.154. The predicted octanol–water partition coefficient (Wildman–Crippen LogP) is 3.51. The third-order valence-electron chi connectivity index (χ3n) is 4.89. The first kappa shape index (κ1) is 16.5. The molecule has 2 N–H and O–H groups in total. The van der Waals surface area contributed by atoms with Crippen LogP contribution < -0.4 is 5.73 Å². The van der Waals surface area contributed by atoms with E-state index >= 15 is 0 Å². The molecule has 0 aliphatic heterocycles. The quantitative estimate of drug-likeness (QED) is 0.456. The van der Waals surface area contributed by atoms with Crippen molar-refractivity contribution in [1.29, 1.82) is 0 Å². The summed E-state index contributed by atoms with van der Waals surface area (Å²) in [6, 6.07) is 0. The molecule has 0 saturated heterocycles. The van der Waals surface area contributed by atoms with Gasteiger partial charge >= 0.3 is 5.97 Å². The predicted molar refractivity (Wildman–Crippen MR) is 78.8 cm³/mol. The highest BCUT2D eigenvalue weighted by Crippen LogP contribution is 2.40. The van der Waals surface area contributed by atoms with E-state index in [0.29, 0.717) is 5.92 Å². The molecular formula is C16H31NO2. The Labute approximate surface area is 118 Å². The third kappa shape index (κ3) is 4.79. The van der Waals surface area contributed by atoms with Crippen molar-refractivity contribution in [2.45, 2.75) is 65.2 Å². The number of esters is 1. The fourth-order valence-corrected chi connectivity index (χ4v) is 3.40. The van der Waals surface area contributed by atoms with Gasteiger partial charge in [-0.25, -0.2) is 0 Å². The van der Waals surface area contributed by atoms with E-state index in [2.05, 4.69) is 0 Å². The maximum atomic E-state index is 11.9. The number of ether oxygens (including phenoxy) is 1. The van der Waals surface area contributed by atoms with E-state index in [1.807, 2.05) is 13.8 Å². The summed E-state index contributed by atoms with van der Waals surface area (Å²) in [5.41, 5.74) is 5.22. The molecule has 1 aliphatic carbocycles. The number of nitrogens with two attached hydrogens (primary N) is 1. The molecule has 3 nitrogen and oxygen atoms in total. The van der Waals surface area contributed by atoms with Crippen molar-refractivity contribution in [1.82, 2.24) is 0 Å². The second-order valence-electron chi connectivity index (χ2n) is 6.57. The summed E-state index contributed by atoms with van der Waals surface area (Å²) in [5, 5.41) is 0. The van der Waals surface area contributed by atoms with Gasteiger partial charge in [-0.05, 0) is 51.5 Å². The second kappa shape index (κ2) is 7.88. The largest absolute Gasteiger partial charge is 0.469 e. The van der Waals surface area contributed by atoms with Gasteiger partial charge in [0.05, 0.1) is 12.5 Å². The smallest absolute Gasteiger partial charge is 0.311 e. The SMILES string of the molecule is COC(=O)C(C)(C)C1CCCC(CCCCN)CC1. The Morgan fingerprint density at radius 3 is 2.58 bits per heavy atom. The van der Waals surface area contributed by atoms with Crippen molar-refractivity contribution in [3.8, 4) is 0 Å². The number of hydrogen-bond acceptors (Lipinski definition) is 3. The highest BCUT2D eigenvalue weighted by molar-refractivity contribution is 5.76. The molecule has 0 aromatic rings. The summed E-state index contributed by atoms with van der Waals surface area (Å²) >= 11 is 0. The summed E-state index contributed by atoms with van der Waals surface area (Å²) in [5.74, 6) is 1.25. The summed E-state index contributed by atoms with van der Waals surface area (Å²) in [6.45, 7) is 4.89. The molecule has 0 aromatic carbocycles. The Balaban J connectivity index is 2.47. The van der Waals surface area contributed by atoms with Gasteiger partial charge in [-0.15, -0.1) is 0 Å². The zero-order valence-corrected chi connectivity index (χ0v) is 12.9. The minimum atomic E-state index is -0.332. The van der Waals surface area contributed by atoms with Gasteiger partial charge in [0.25, 0.3) is 0 Å². The van der Waals surface area contributed by atoms with Crippen LogP contribution in [0, 0.1) is 17.3 Å². The third-order valence-corrected chi connectivity index (χ3v) is 4.89. The van der Waals surface area contributed by atoms with E-state index in [4.69, 9.17) is 10.5 Å². The molecule has 1 fully saturated rings. The summed E-state index contributed by atoms with van der Waals surface area (Å²) in [7, 11) is 1.50. The molecule has 112 valence electrons. The first-order valence-corrected chi connectivity index (χ1v) is 7.80. The minimum absolute atomic E-state index is 0.0564. The van der Waals surface area contributed by atoms with E-state index < -0.39 is 0 Å².